The fraction of sp³-hybridized carbons (Fsp3) is 0.176. The van der Waals surface area contributed by atoms with E-state index in [1.807, 2.05) is 0 Å². The fourth-order valence-corrected chi connectivity index (χ4v) is 2.05. The predicted molar refractivity (Wildman–Crippen MR) is 85.3 cm³/mol. The molecule has 0 amide bonds. The molecule has 0 aromatic heterocycles. The van der Waals surface area contributed by atoms with Crippen molar-refractivity contribution in [3.63, 3.8) is 0 Å². The normalized spacial score (nSPS) is 11.8. The number of carbonyl (C=O) groups is 2. The Morgan fingerprint density at radius 3 is 2.44 bits per heavy atom. The van der Waals surface area contributed by atoms with Crippen LogP contribution >= 0.6 is 0 Å². The Balaban J connectivity index is 1.99. The lowest BCUT2D eigenvalue weighted by molar-refractivity contribution is -0.156. The van der Waals surface area contributed by atoms with Crippen LogP contribution in [-0.2, 0) is 27.5 Å². The third-order valence-electron chi connectivity index (χ3n) is 3.39. The summed E-state index contributed by atoms with van der Waals surface area (Å²) < 4.78 is 31.2. The van der Waals surface area contributed by atoms with Crippen molar-refractivity contribution >= 4 is 17.6 Å². The highest BCUT2D eigenvalue weighted by Gasteiger charge is 2.27. The second-order valence-corrected chi connectivity index (χ2v) is 5.21. The average Bonchev–Trinajstić information content (AvgIpc) is 2.58. The fourth-order valence-electron chi connectivity index (χ4n) is 2.05. The molecular weight excluding hydrogens is 334 g/mol. The largest absolute Gasteiger partial charge is 0.480 e. The van der Waals surface area contributed by atoms with Crippen LogP contribution in [0.3, 0.4) is 0 Å². The number of carboxylic acids is 1. The minimum absolute atomic E-state index is 0.0619. The van der Waals surface area contributed by atoms with Gasteiger partial charge in [0, 0.05) is 18.3 Å². The summed E-state index contributed by atoms with van der Waals surface area (Å²) in [5.41, 5.74) is 6.32. The molecule has 8 heteroatoms. The molecule has 0 aliphatic carbocycles. The highest BCUT2D eigenvalue weighted by molar-refractivity contribution is 5.98. The molecule has 1 atom stereocenters. The van der Waals surface area contributed by atoms with Gasteiger partial charge in [-0.2, -0.15) is 0 Å². The molecule has 2 aromatic rings. The van der Waals surface area contributed by atoms with E-state index >= 15 is 0 Å². The molecule has 0 spiro atoms. The van der Waals surface area contributed by atoms with Gasteiger partial charge in [0.05, 0.1) is 0 Å². The minimum Gasteiger partial charge on any atom is -0.480 e. The van der Waals surface area contributed by atoms with Crippen molar-refractivity contribution in [3.05, 3.63) is 65.2 Å². The molecule has 0 heterocycles. The third-order valence-corrected chi connectivity index (χ3v) is 3.39. The van der Waals surface area contributed by atoms with E-state index in [2.05, 4.69) is 5.32 Å². The SMILES string of the molecule is Nc1cc(F)c(F)cc1CNC(C(=O)O)C(=O)OCc1ccccc1. The summed E-state index contributed by atoms with van der Waals surface area (Å²) in [6.45, 7) is -0.334. The second-order valence-electron chi connectivity index (χ2n) is 5.21. The summed E-state index contributed by atoms with van der Waals surface area (Å²) >= 11 is 0. The van der Waals surface area contributed by atoms with Gasteiger partial charge in [-0.15, -0.1) is 0 Å². The van der Waals surface area contributed by atoms with Gasteiger partial charge in [-0.05, 0) is 17.2 Å². The summed E-state index contributed by atoms with van der Waals surface area (Å²) in [6.07, 6.45) is 0. The van der Waals surface area contributed by atoms with Crippen LogP contribution in [0.5, 0.6) is 0 Å². The molecule has 2 rings (SSSR count). The van der Waals surface area contributed by atoms with Crippen LogP contribution in [0, 0.1) is 11.6 Å². The van der Waals surface area contributed by atoms with E-state index in [1.165, 1.54) is 0 Å². The number of esters is 1. The molecule has 0 bridgehead atoms. The molecule has 25 heavy (non-hydrogen) atoms. The summed E-state index contributed by atoms with van der Waals surface area (Å²) in [4.78, 5) is 23.2. The van der Waals surface area contributed by atoms with E-state index in [4.69, 9.17) is 15.6 Å². The molecule has 0 saturated carbocycles. The first-order chi connectivity index (χ1) is 11.9. The van der Waals surface area contributed by atoms with E-state index in [1.54, 1.807) is 30.3 Å². The topological polar surface area (TPSA) is 102 Å². The van der Waals surface area contributed by atoms with Crippen LogP contribution in [0.2, 0.25) is 0 Å². The maximum absolute atomic E-state index is 13.2. The highest BCUT2D eigenvalue weighted by Crippen LogP contribution is 2.17. The van der Waals surface area contributed by atoms with E-state index in [9.17, 15) is 18.4 Å². The van der Waals surface area contributed by atoms with Gasteiger partial charge in [-0.25, -0.2) is 18.4 Å². The predicted octanol–water partition coefficient (Wildman–Crippen LogP) is 1.83. The highest BCUT2D eigenvalue weighted by atomic mass is 19.2. The van der Waals surface area contributed by atoms with Crippen molar-refractivity contribution in [2.75, 3.05) is 5.73 Å². The molecule has 0 radical (unpaired) electrons. The van der Waals surface area contributed by atoms with E-state index in [0.29, 0.717) is 5.56 Å². The van der Waals surface area contributed by atoms with E-state index < -0.39 is 29.6 Å². The van der Waals surface area contributed by atoms with Gasteiger partial charge >= 0.3 is 11.9 Å². The van der Waals surface area contributed by atoms with Crippen LogP contribution in [0.25, 0.3) is 0 Å². The van der Waals surface area contributed by atoms with E-state index in [0.717, 1.165) is 12.1 Å². The molecular formula is C17H16F2N2O4. The maximum Gasteiger partial charge on any atom is 0.335 e. The lowest BCUT2D eigenvalue weighted by Crippen LogP contribution is -2.44. The second kappa shape index (κ2) is 8.20. The quantitative estimate of drug-likeness (QED) is 0.400. The van der Waals surface area contributed by atoms with Gasteiger partial charge in [-0.3, -0.25) is 5.32 Å². The molecule has 0 fully saturated rings. The number of nitrogens with one attached hydrogen (secondary N) is 1. The summed E-state index contributed by atoms with van der Waals surface area (Å²) in [6, 6.07) is 8.69. The maximum atomic E-state index is 13.2. The zero-order chi connectivity index (χ0) is 18.4. The zero-order valence-corrected chi connectivity index (χ0v) is 13.0. The Kier molecular flexibility index (Phi) is 6.02. The van der Waals surface area contributed by atoms with Crippen molar-refractivity contribution in [1.29, 1.82) is 0 Å². The molecule has 2 aromatic carbocycles. The number of benzene rings is 2. The lowest BCUT2D eigenvalue weighted by Gasteiger charge is -2.15. The van der Waals surface area contributed by atoms with Gasteiger partial charge in [0.2, 0.25) is 6.04 Å². The summed E-state index contributed by atoms with van der Waals surface area (Å²) in [7, 11) is 0. The van der Waals surface area contributed by atoms with Gasteiger partial charge < -0.3 is 15.6 Å². The standard InChI is InChI=1S/C17H16F2N2O4/c18-12-6-11(14(20)7-13(12)19)8-21-15(16(22)23)17(24)25-9-10-4-2-1-3-5-10/h1-7,15,21H,8-9,20H2,(H,22,23). The Morgan fingerprint density at radius 2 is 1.80 bits per heavy atom. The smallest absolute Gasteiger partial charge is 0.335 e. The number of rotatable bonds is 7. The van der Waals surface area contributed by atoms with Crippen LogP contribution in [0.1, 0.15) is 11.1 Å². The van der Waals surface area contributed by atoms with Crippen LogP contribution in [-0.4, -0.2) is 23.1 Å². The number of nitrogen functional groups attached to an aromatic ring is 1. The number of anilines is 1. The minimum atomic E-state index is -1.67. The Hall–Kier alpha value is -3.00. The first-order valence-electron chi connectivity index (χ1n) is 7.28. The monoisotopic (exact) mass is 350 g/mol. The van der Waals surface area contributed by atoms with E-state index in [-0.39, 0.29) is 24.4 Å². The number of aliphatic carboxylic acids is 1. The molecule has 4 N–H and O–H groups in total. The number of halogens is 2. The van der Waals surface area contributed by atoms with Crippen molar-refractivity contribution in [2.24, 2.45) is 0 Å². The molecule has 6 nitrogen and oxygen atoms in total. The number of nitrogens with two attached hydrogens (primary N) is 1. The number of hydrogen-bond donors (Lipinski definition) is 3. The summed E-state index contributed by atoms with van der Waals surface area (Å²) in [5, 5.41) is 11.6. The number of hydrogen-bond acceptors (Lipinski definition) is 5. The number of carboxylic acid groups (broad SMARTS) is 1. The molecule has 1 unspecified atom stereocenters. The van der Waals surface area contributed by atoms with Crippen molar-refractivity contribution in [3.8, 4) is 0 Å². The lowest BCUT2D eigenvalue weighted by atomic mass is 10.1. The average molecular weight is 350 g/mol. The Labute approximate surface area is 142 Å². The first-order valence-corrected chi connectivity index (χ1v) is 7.28. The van der Waals surface area contributed by atoms with Gasteiger partial charge in [0.15, 0.2) is 11.6 Å². The first kappa shape index (κ1) is 18.3. The Bertz CT molecular complexity index is 769. The number of carbonyl (C=O) groups excluding carboxylic acids is 1. The van der Waals surface area contributed by atoms with Gasteiger partial charge in [0.1, 0.15) is 6.61 Å². The van der Waals surface area contributed by atoms with Crippen LogP contribution in [0.4, 0.5) is 14.5 Å². The third kappa shape index (κ3) is 4.98. The molecule has 0 aliphatic rings. The molecule has 0 aliphatic heterocycles. The summed E-state index contributed by atoms with van der Waals surface area (Å²) in [5.74, 6) is -4.69. The number of ether oxygens (including phenoxy) is 1. The molecule has 0 saturated heterocycles. The van der Waals surface area contributed by atoms with Crippen LogP contribution < -0.4 is 11.1 Å². The van der Waals surface area contributed by atoms with Crippen LogP contribution in [0.15, 0.2) is 42.5 Å². The van der Waals surface area contributed by atoms with Crippen molar-refractivity contribution in [1.82, 2.24) is 5.32 Å². The van der Waals surface area contributed by atoms with Crippen molar-refractivity contribution < 1.29 is 28.2 Å². The molecule has 132 valence electrons. The van der Waals surface area contributed by atoms with Gasteiger partial charge in [0.25, 0.3) is 0 Å². The zero-order valence-electron chi connectivity index (χ0n) is 13.0. The van der Waals surface area contributed by atoms with Crippen molar-refractivity contribution in [2.45, 2.75) is 19.2 Å². The van der Waals surface area contributed by atoms with Gasteiger partial charge in [-0.1, -0.05) is 30.3 Å². The Morgan fingerprint density at radius 1 is 1.16 bits per heavy atom.